The third-order valence-corrected chi connectivity index (χ3v) is 2.76. The Labute approximate surface area is 104 Å². The molecular formula is C14H11N3O. The molecule has 88 valence electrons. The average molecular weight is 237 g/mol. The molecule has 0 saturated heterocycles. The zero-order chi connectivity index (χ0) is 12.4. The lowest BCUT2D eigenvalue weighted by atomic mass is 10.2. The molecule has 18 heavy (non-hydrogen) atoms. The Balaban J connectivity index is 1.93. The summed E-state index contributed by atoms with van der Waals surface area (Å²) >= 11 is 0. The molecule has 0 aliphatic rings. The second kappa shape index (κ2) is 4.33. The van der Waals surface area contributed by atoms with Crippen LogP contribution in [0.2, 0.25) is 0 Å². The number of hydrogen-bond donors (Lipinski definition) is 2. The van der Waals surface area contributed by atoms with E-state index in [4.69, 9.17) is 0 Å². The SMILES string of the molecule is O=C(Nc1cccc2cc[nH]c12)c1cccnc1. The Hall–Kier alpha value is -2.62. The maximum Gasteiger partial charge on any atom is 0.257 e. The molecule has 1 aromatic carbocycles. The summed E-state index contributed by atoms with van der Waals surface area (Å²) in [7, 11) is 0. The molecule has 0 fully saturated rings. The topological polar surface area (TPSA) is 57.8 Å². The van der Waals surface area contributed by atoms with Crippen molar-refractivity contribution in [2.24, 2.45) is 0 Å². The smallest absolute Gasteiger partial charge is 0.257 e. The van der Waals surface area contributed by atoms with Crippen LogP contribution in [-0.4, -0.2) is 15.9 Å². The minimum Gasteiger partial charge on any atom is -0.359 e. The number of amides is 1. The molecular weight excluding hydrogens is 226 g/mol. The molecule has 0 atom stereocenters. The molecule has 3 aromatic rings. The van der Waals surface area contributed by atoms with Gasteiger partial charge in [0.15, 0.2) is 0 Å². The maximum atomic E-state index is 12.0. The molecule has 0 aliphatic carbocycles. The fraction of sp³-hybridized carbons (Fsp3) is 0. The predicted molar refractivity (Wildman–Crippen MR) is 70.5 cm³/mol. The first-order chi connectivity index (χ1) is 8.84. The number of anilines is 1. The largest absolute Gasteiger partial charge is 0.359 e. The van der Waals surface area contributed by atoms with Crippen molar-refractivity contribution < 1.29 is 4.79 Å². The monoisotopic (exact) mass is 237 g/mol. The van der Waals surface area contributed by atoms with Crippen LogP contribution in [0.1, 0.15) is 10.4 Å². The van der Waals surface area contributed by atoms with Gasteiger partial charge in [0.2, 0.25) is 0 Å². The lowest BCUT2D eigenvalue weighted by Crippen LogP contribution is -2.12. The Morgan fingerprint density at radius 3 is 2.94 bits per heavy atom. The third-order valence-electron chi connectivity index (χ3n) is 2.76. The van der Waals surface area contributed by atoms with Gasteiger partial charge in [0, 0.05) is 24.0 Å². The van der Waals surface area contributed by atoms with E-state index >= 15 is 0 Å². The fourth-order valence-corrected chi connectivity index (χ4v) is 1.88. The number of nitrogens with zero attached hydrogens (tertiary/aromatic N) is 1. The Bertz CT molecular complexity index is 688. The van der Waals surface area contributed by atoms with Crippen molar-refractivity contribution in [1.29, 1.82) is 0 Å². The summed E-state index contributed by atoms with van der Waals surface area (Å²) in [5, 5.41) is 3.95. The number of pyridine rings is 1. The van der Waals surface area contributed by atoms with Gasteiger partial charge in [-0.3, -0.25) is 9.78 Å². The number of H-pyrrole nitrogens is 1. The third kappa shape index (κ3) is 1.84. The van der Waals surface area contributed by atoms with E-state index in [1.807, 2.05) is 30.5 Å². The van der Waals surface area contributed by atoms with Gasteiger partial charge in [-0.2, -0.15) is 0 Å². The Morgan fingerprint density at radius 1 is 1.17 bits per heavy atom. The van der Waals surface area contributed by atoms with Crippen molar-refractivity contribution in [3.63, 3.8) is 0 Å². The summed E-state index contributed by atoms with van der Waals surface area (Å²) in [6, 6.07) is 11.2. The average Bonchev–Trinajstić information content (AvgIpc) is 2.89. The first-order valence-corrected chi connectivity index (χ1v) is 5.62. The van der Waals surface area contributed by atoms with Gasteiger partial charge in [-0.25, -0.2) is 0 Å². The second-order valence-electron chi connectivity index (χ2n) is 3.94. The zero-order valence-corrected chi connectivity index (χ0v) is 9.55. The lowest BCUT2D eigenvalue weighted by Gasteiger charge is -2.06. The number of fused-ring (bicyclic) bond motifs is 1. The Morgan fingerprint density at radius 2 is 2.11 bits per heavy atom. The summed E-state index contributed by atoms with van der Waals surface area (Å²) in [6.07, 6.45) is 5.04. The van der Waals surface area contributed by atoms with Gasteiger partial charge >= 0.3 is 0 Å². The standard InChI is InChI=1S/C14H11N3O/c18-14(11-4-2-7-15-9-11)17-12-5-1-3-10-6-8-16-13(10)12/h1-9,16H,(H,17,18). The van der Waals surface area contributed by atoms with E-state index in [0.717, 1.165) is 16.6 Å². The van der Waals surface area contributed by atoms with Crippen molar-refractivity contribution in [3.8, 4) is 0 Å². The number of nitrogens with one attached hydrogen (secondary N) is 2. The summed E-state index contributed by atoms with van der Waals surface area (Å²) in [6.45, 7) is 0. The predicted octanol–water partition coefficient (Wildman–Crippen LogP) is 2.82. The molecule has 0 saturated carbocycles. The molecule has 0 radical (unpaired) electrons. The van der Waals surface area contributed by atoms with Crippen molar-refractivity contribution in [3.05, 3.63) is 60.6 Å². The van der Waals surface area contributed by atoms with Crippen LogP contribution in [-0.2, 0) is 0 Å². The van der Waals surface area contributed by atoms with Gasteiger partial charge in [0.1, 0.15) is 0 Å². The van der Waals surface area contributed by atoms with Gasteiger partial charge in [-0.1, -0.05) is 12.1 Å². The number of rotatable bonds is 2. The van der Waals surface area contributed by atoms with E-state index in [9.17, 15) is 4.79 Å². The molecule has 3 rings (SSSR count). The number of carbonyl (C=O) groups excluding carboxylic acids is 1. The van der Waals surface area contributed by atoms with E-state index in [1.165, 1.54) is 0 Å². The van der Waals surface area contributed by atoms with E-state index in [1.54, 1.807) is 24.5 Å². The highest BCUT2D eigenvalue weighted by Crippen LogP contribution is 2.21. The lowest BCUT2D eigenvalue weighted by molar-refractivity contribution is 0.102. The molecule has 4 heteroatoms. The summed E-state index contributed by atoms with van der Waals surface area (Å²) in [4.78, 5) is 19.1. The molecule has 2 N–H and O–H groups in total. The number of para-hydroxylation sites is 1. The van der Waals surface area contributed by atoms with E-state index < -0.39 is 0 Å². The highest BCUT2D eigenvalue weighted by molar-refractivity contribution is 6.08. The van der Waals surface area contributed by atoms with Crippen LogP contribution in [0.4, 0.5) is 5.69 Å². The summed E-state index contributed by atoms with van der Waals surface area (Å²) in [5.41, 5.74) is 2.24. The van der Waals surface area contributed by atoms with Gasteiger partial charge < -0.3 is 10.3 Å². The van der Waals surface area contributed by atoms with E-state index in [-0.39, 0.29) is 5.91 Å². The summed E-state index contributed by atoms with van der Waals surface area (Å²) in [5.74, 6) is -0.162. The second-order valence-corrected chi connectivity index (χ2v) is 3.94. The quantitative estimate of drug-likeness (QED) is 0.720. The Kier molecular flexibility index (Phi) is 2.53. The number of aromatic amines is 1. The molecule has 0 aliphatic heterocycles. The van der Waals surface area contributed by atoms with Crippen LogP contribution in [0.15, 0.2) is 55.0 Å². The van der Waals surface area contributed by atoms with Crippen LogP contribution in [0, 0.1) is 0 Å². The van der Waals surface area contributed by atoms with Crippen LogP contribution in [0.25, 0.3) is 10.9 Å². The van der Waals surface area contributed by atoms with Gasteiger partial charge in [-0.15, -0.1) is 0 Å². The first-order valence-electron chi connectivity index (χ1n) is 5.62. The molecule has 0 spiro atoms. The highest BCUT2D eigenvalue weighted by Gasteiger charge is 2.08. The van der Waals surface area contributed by atoms with Gasteiger partial charge in [-0.05, 0) is 24.3 Å². The molecule has 2 aromatic heterocycles. The fourth-order valence-electron chi connectivity index (χ4n) is 1.88. The molecule has 2 heterocycles. The van der Waals surface area contributed by atoms with Crippen molar-refractivity contribution in [1.82, 2.24) is 9.97 Å². The molecule has 0 unspecified atom stereocenters. The number of carbonyl (C=O) groups is 1. The van der Waals surface area contributed by atoms with Crippen LogP contribution < -0.4 is 5.32 Å². The normalized spacial score (nSPS) is 10.4. The van der Waals surface area contributed by atoms with Gasteiger partial charge in [0.05, 0.1) is 16.8 Å². The number of hydrogen-bond acceptors (Lipinski definition) is 2. The summed E-state index contributed by atoms with van der Waals surface area (Å²) < 4.78 is 0. The molecule has 0 bridgehead atoms. The van der Waals surface area contributed by atoms with E-state index in [0.29, 0.717) is 5.56 Å². The minimum absolute atomic E-state index is 0.162. The number of benzene rings is 1. The first kappa shape index (κ1) is 10.5. The van der Waals surface area contributed by atoms with Gasteiger partial charge in [0.25, 0.3) is 5.91 Å². The maximum absolute atomic E-state index is 12.0. The van der Waals surface area contributed by atoms with Crippen LogP contribution >= 0.6 is 0 Å². The van der Waals surface area contributed by atoms with Crippen molar-refractivity contribution >= 4 is 22.5 Å². The highest BCUT2D eigenvalue weighted by atomic mass is 16.1. The van der Waals surface area contributed by atoms with Crippen LogP contribution in [0.3, 0.4) is 0 Å². The minimum atomic E-state index is -0.162. The van der Waals surface area contributed by atoms with Crippen LogP contribution in [0.5, 0.6) is 0 Å². The number of aromatic nitrogens is 2. The zero-order valence-electron chi connectivity index (χ0n) is 9.55. The molecule has 4 nitrogen and oxygen atoms in total. The van der Waals surface area contributed by atoms with E-state index in [2.05, 4.69) is 15.3 Å². The van der Waals surface area contributed by atoms with Crippen molar-refractivity contribution in [2.45, 2.75) is 0 Å². The van der Waals surface area contributed by atoms with Crippen molar-refractivity contribution in [2.75, 3.05) is 5.32 Å². The molecule has 1 amide bonds.